The standard InChI is InChI=1S/C22H24N2O5S/c1-16-2-7-20-18(15-29-21(20)12-16)13-22(25)23-14-17-3-5-19(6-4-17)30(26,27)24-8-10-28-11-9-24/h2-7,12,15H,8-11,13-14H2,1H3,(H,23,25). The smallest absolute Gasteiger partial charge is 0.243 e. The Morgan fingerprint density at radius 3 is 2.57 bits per heavy atom. The molecule has 4 rings (SSSR count). The summed E-state index contributed by atoms with van der Waals surface area (Å²) in [5.74, 6) is -0.122. The molecule has 1 aliphatic heterocycles. The number of sulfonamides is 1. The molecule has 0 aliphatic carbocycles. The van der Waals surface area contributed by atoms with Gasteiger partial charge < -0.3 is 14.5 Å². The minimum atomic E-state index is -3.51. The van der Waals surface area contributed by atoms with Crippen molar-refractivity contribution in [1.82, 2.24) is 9.62 Å². The number of ether oxygens (including phenoxy) is 1. The van der Waals surface area contributed by atoms with Crippen molar-refractivity contribution in [1.29, 1.82) is 0 Å². The van der Waals surface area contributed by atoms with Crippen LogP contribution >= 0.6 is 0 Å². The maximum absolute atomic E-state index is 12.7. The summed E-state index contributed by atoms with van der Waals surface area (Å²) < 4.78 is 37.5. The third kappa shape index (κ3) is 4.40. The second-order valence-electron chi connectivity index (χ2n) is 7.37. The first-order valence-corrected chi connectivity index (χ1v) is 11.3. The number of rotatable bonds is 6. The first-order chi connectivity index (χ1) is 14.4. The maximum Gasteiger partial charge on any atom is 0.243 e. The highest BCUT2D eigenvalue weighted by Gasteiger charge is 2.26. The van der Waals surface area contributed by atoms with Crippen LogP contribution in [0.2, 0.25) is 0 Å². The number of carbonyl (C=O) groups is 1. The van der Waals surface area contributed by atoms with Gasteiger partial charge in [0.15, 0.2) is 0 Å². The third-order valence-corrected chi connectivity index (χ3v) is 7.10. The van der Waals surface area contributed by atoms with Crippen LogP contribution in [-0.4, -0.2) is 44.9 Å². The highest BCUT2D eigenvalue weighted by Crippen LogP contribution is 2.23. The molecule has 1 N–H and O–H groups in total. The number of morpholine rings is 1. The van der Waals surface area contributed by atoms with E-state index < -0.39 is 10.0 Å². The lowest BCUT2D eigenvalue weighted by molar-refractivity contribution is -0.120. The summed E-state index contributed by atoms with van der Waals surface area (Å²) in [4.78, 5) is 12.6. The van der Waals surface area contributed by atoms with Crippen LogP contribution in [0.4, 0.5) is 0 Å². The van der Waals surface area contributed by atoms with Crippen LogP contribution in [-0.2, 0) is 32.5 Å². The highest BCUT2D eigenvalue weighted by molar-refractivity contribution is 7.89. The molecule has 7 nitrogen and oxygen atoms in total. The van der Waals surface area contributed by atoms with E-state index in [0.29, 0.717) is 32.8 Å². The summed E-state index contributed by atoms with van der Waals surface area (Å²) in [6.07, 6.45) is 1.84. The largest absolute Gasteiger partial charge is 0.464 e. The summed E-state index contributed by atoms with van der Waals surface area (Å²) in [6, 6.07) is 12.5. The number of benzene rings is 2. The van der Waals surface area contributed by atoms with Crippen LogP contribution < -0.4 is 5.32 Å². The van der Waals surface area contributed by atoms with E-state index in [1.54, 1.807) is 30.5 Å². The van der Waals surface area contributed by atoms with Crippen LogP contribution in [0.5, 0.6) is 0 Å². The zero-order valence-electron chi connectivity index (χ0n) is 16.8. The topological polar surface area (TPSA) is 88.9 Å². The highest BCUT2D eigenvalue weighted by atomic mass is 32.2. The molecule has 1 amide bonds. The zero-order valence-corrected chi connectivity index (χ0v) is 17.6. The van der Waals surface area contributed by atoms with Gasteiger partial charge >= 0.3 is 0 Å². The lowest BCUT2D eigenvalue weighted by Gasteiger charge is -2.26. The molecule has 3 aromatic rings. The predicted molar refractivity (Wildman–Crippen MR) is 113 cm³/mol. The van der Waals surface area contributed by atoms with Gasteiger partial charge in [0.05, 0.1) is 30.8 Å². The number of hydrogen-bond donors (Lipinski definition) is 1. The molecule has 0 radical (unpaired) electrons. The molecule has 0 atom stereocenters. The van der Waals surface area contributed by atoms with Crippen LogP contribution in [0.3, 0.4) is 0 Å². The Kier molecular flexibility index (Phi) is 5.90. The molecule has 158 valence electrons. The molecule has 0 unspecified atom stereocenters. The first kappa shape index (κ1) is 20.6. The Morgan fingerprint density at radius 1 is 1.10 bits per heavy atom. The van der Waals surface area contributed by atoms with Gasteiger partial charge in [-0.05, 0) is 36.2 Å². The Hall–Kier alpha value is -2.68. The van der Waals surface area contributed by atoms with Crippen LogP contribution in [0.1, 0.15) is 16.7 Å². The van der Waals surface area contributed by atoms with Crippen molar-refractivity contribution >= 4 is 26.9 Å². The number of nitrogens with one attached hydrogen (secondary N) is 1. The predicted octanol–water partition coefficient (Wildman–Crippen LogP) is 2.62. The molecular weight excluding hydrogens is 404 g/mol. The van der Waals surface area contributed by atoms with Gasteiger partial charge in [0.2, 0.25) is 15.9 Å². The number of furan rings is 1. The minimum absolute atomic E-state index is 0.122. The molecular formula is C22H24N2O5S. The minimum Gasteiger partial charge on any atom is -0.464 e. The second-order valence-corrected chi connectivity index (χ2v) is 9.31. The average molecular weight is 429 g/mol. The Labute approximate surface area is 175 Å². The molecule has 1 fully saturated rings. The van der Waals surface area contributed by atoms with Gasteiger partial charge in [0.1, 0.15) is 5.58 Å². The fourth-order valence-corrected chi connectivity index (χ4v) is 4.89. The van der Waals surface area contributed by atoms with Gasteiger partial charge in [-0.3, -0.25) is 4.79 Å². The van der Waals surface area contributed by atoms with Gasteiger partial charge in [-0.1, -0.05) is 24.3 Å². The van der Waals surface area contributed by atoms with Gasteiger partial charge in [-0.2, -0.15) is 4.31 Å². The molecule has 0 bridgehead atoms. The van der Waals surface area contributed by atoms with Crippen molar-refractivity contribution in [2.75, 3.05) is 26.3 Å². The molecule has 0 spiro atoms. The van der Waals surface area contributed by atoms with E-state index in [2.05, 4.69) is 5.32 Å². The van der Waals surface area contributed by atoms with E-state index in [1.165, 1.54) is 4.31 Å². The summed E-state index contributed by atoms with van der Waals surface area (Å²) in [7, 11) is -3.51. The SMILES string of the molecule is Cc1ccc2c(CC(=O)NCc3ccc(S(=O)(=O)N4CCOCC4)cc3)coc2c1. The molecule has 1 aliphatic rings. The van der Waals surface area contributed by atoms with Crippen molar-refractivity contribution in [3.05, 3.63) is 65.4 Å². The third-order valence-electron chi connectivity index (χ3n) is 5.18. The lowest BCUT2D eigenvalue weighted by atomic mass is 10.1. The fourth-order valence-electron chi connectivity index (χ4n) is 3.48. The van der Waals surface area contributed by atoms with Crippen LogP contribution in [0, 0.1) is 6.92 Å². The summed E-state index contributed by atoms with van der Waals surface area (Å²) >= 11 is 0. The number of nitrogens with zero attached hydrogens (tertiary/aromatic N) is 1. The normalized spacial score (nSPS) is 15.4. The number of carbonyl (C=O) groups excluding carboxylic acids is 1. The van der Waals surface area contributed by atoms with Crippen LogP contribution in [0.25, 0.3) is 11.0 Å². The van der Waals surface area contributed by atoms with E-state index in [-0.39, 0.29) is 17.2 Å². The second kappa shape index (κ2) is 8.59. The lowest BCUT2D eigenvalue weighted by Crippen LogP contribution is -2.40. The Balaban J connectivity index is 1.36. The summed E-state index contributed by atoms with van der Waals surface area (Å²) in [5, 5.41) is 3.82. The quantitative estimate of drug-likeness (QED) is 0.652. The maximum atomic E-state index is 12.7. The molecule has 2 aromatic carbocycles. The van der Waals surface area contributed by atoms with Gasteiger partial charge in [-0.25, -0.2) is 8.42 Å². The fraction of sp³-hybridized carbons (Fsp3) is 0.318. The average Bonchev–Trinajstić information content (AvgIpc) is 3.14. The molecule has 1 aromatic heterocycles. The van der Waals surface area contributed by atoms with E-state index in [0.717, 1.165) is 27.7 Å². The van der Waals surface area contributed by atoms with Gasteiger partial charge in [0, 0.05) is 30.6 Å². The number of hydrogen-bond acceptors (Lipinski definition) is 5. The van der Waals surface area contributed by atoms with Crippen molar-refractivity contribution < 1.29 is 22.4 Å². The zero-order chi connectivity index (χ0) is 21.1. The van der Waals surface area contributed by atoms with Crippen LogP contribution in [0.15, 0.2) is 58.0 Å². The molecule has 30 heavy (non-hydrogen) atoms. The first-order valence-electron chi connectivity index (χ1n) is 9.84. The number of amides is 1. The van der Waals surface area contributed by atoms with Gasteiger partial charge in [-0.15, -0.1) is 0 Å². The van der Waals surface area contributed by atoms with E-state index in [1.807, 2.05) is 25.1 Å². The van der Waals surface area contributed by atoms with Crippen molar-refractivity contribution in [2.45, 2.75) is 24.8 Å². The van der Waals surface area contributed by atoms with Gasteiger partial charge in [0.25, 0.3) is 0 Å². The van der Waals surface area contributed by atoms with E-state index in [4.69, 9.17) is 9.15 Å². The molecule has 2 heterocycles. The Bertz CT molecular complexity index is 1150. The molecule has 1 saturated heterocycles. The number of aryl methyl sites for hydroxylation is 1. The van der Waals surface area contributed by atoms with E-state index >= 15 is 0 Å². The Morgan fingerprint density at radius 2 is 1.83 bits per heavy atom. The van der Waals surface area contributed by atoms with Crippen molar-refractivity contribution in [2.24, 2.45) is 0 Å². The van der Waals surface area contributed by atoms with E-state index in [9.17, 15) is 13.2 Å². The van der Waals surface area contributed by atoms with Crippen molar-refractivity contribution in [3.8, 4) is 0 Å². The summed E-state index contributed by atoms with van der Waals surface area (Å²) in [6.45, 7) is 3.87. The molecule has 8 heteroatoms. The van der Waals surface area contributed by atoms with Crippen molar-refractivity contribution in [3.63, 3.8) is 0 Å². The summed E-state index contributed by atoms with van der Waals surface area (Å²) in [5.41, 5.74) is 3.55. The monoisotopic (exact) mass is 428 g/mol. The molecule has 0 saturated carbocycles. The number of fused-ring (bicyclic) bond motifs is 1.